The van der Waals surface area contributed by atoms with Crippen molar-refractivity contribution >= 4 is 11.9 Å². The Balaban J connectivity index is 4.24. The number of esters is 1. The second kappa shape index (κ2) is 35.9. The first-order chi connectivity index (χ1) is 22.1. The van der Waals surface area contributed by atoms with Crippen LogP contribution in [0.4, 0.5) is 0 Å². The van der Waals surface area contributed by atoms with Gasteiger partial charge in [0.05, 0.1) is 0 Å². The van der Waals surface area contributed by atoms with Gasteiger partial charge in [0, 0.05) is 12.8 Å². The van der Waals surface area contributed by atoms with Crippen molar-refractivity contribution in [2.24, 2.45) is 0 Å². The number of unbranched alkanes of at least 4 members (excludes halogenated alkanes) is 13. The summed E-state index contributed by atoms with van der Waals surface area (Å²) in [6, 6.07) is 0. The van der Waals surface area contributed by atoms with E-state index in [1.807, 2.05) is 0 Å². The average Bonchev–Trinajstić information content (AvgIpc) is 3.02. The zero-order valence-electron chi connectivity index (χ0n) is 29.1. The fourth-order valence-electron chi connectivity index (χ4n) is 4.95. The van der Waals surface area contributed by atoms with Gasteiger partial charge in [0.25, 0.3) is 0 Å². The Bertz CT molecular complexity index is 846. The molecule has 0 aromatic heterocycles. The zero-order chi connectivity index (χ0) is 32.9. The lowest BCUT2D eigenvalue weighted by Gasteiger charge is -2.14. The molecule has 1 N–H and O–H groups in total. The molecule has 0 saturated carbocycles. The third-order valence-corrected chi connectivity index (χ3v) is 7.65. The fraction of sp³-hybridized carbons (Fsp3) is 0.659. The molecule has 0 saturated heterocycles. The van der Waals surface area contributed by atoms with Crippen LogP contribution in [-0.2, 0) is 14.3 Å². The van der Waals surface area contributed by atoms with Crippen molar-refractivity contribution in [2.75, 3.05) is 0 Å². The molecule has 0 aliphatic heterocycles. The molecule has 1 unspecified atom stereocenters. The minimum Gasteiger partial charge on any atom is -0.481 e. The Morgan fingerprint density at radius 2 is 1.02 bits per heavy atom. The monoisotopic (exact) mass is 625 g/mol. The van der Waals surface area contributed by atoms with Crippen LogP contribution in [0.5, 0.6) is 0 Å². The summed E-state index contributed by atoms with van der Waals surface area (Å²) >= 11 is 0. The van der Waals surface area contributed by atoms with E-state index in [0.717, 1.165) is 96.3 Å². The lowest BCUT2D eigenvalue weighted by atomic mass is 10.0. The van der Waals surface area contributed by atoms with E-state index in [4.69, 9.17) is 9.84 Å². The molecule has 0 fully saturated rings. The standard InChI is InChI=1S/C41H68O4/c1-3-5-7-9-11-13-14-15-16-17-18-19-20-22-24-30-34-38-41(44)45-39(35-31-27-23-21-12-10-8-6-4-2)36-32-28-25-26-29-33-37-40(42)43/h5,7,11,13,15-16,18-19,22,24,31,35,39H,3-4,6,8-10,12,14,17,20-21,23,25-30,32-34,36-38H2,1-2H3,(H,42,43)/b7-5-,13-11-,16-15-,19-18-,24-22-,35-31-. The Hall–Kier alpha value is -2.62. The van der Waals surface area contributed by atoms with Crippen LogP contribution in [-0.4, -0.2) is 23.1 Å². The number of carboxylic acids is 1. The summed E-state index contributed by atoms with van der Waals surface area (Å²) in [4.78, 5) is 23.2. The second-order valence-corrected chi connectivity index (χ2v) is 12.0. The maximum Gasteiger partial charge on any atom is 0.306 e. The van der Waals surface area contributed by atoms with Crippen LogP contribution < -0.4 is 0 Å². The molecular weight excluding hydrogens is 556 g/mol. The third kappa shape index (κ3) is 35.7. The molecule has 0 radical (unpaired) electrons. The van der Waals surface area contributed by atoms with Gasteiger partial charge in [-0.1, -0.05) is 145 Å². The minimum absolute atomic E-state index is 0.0957. The highest BCUT2D eigenvalue weighted by Gasteiger charge is 2.11. The van der Waals surface area contributed by atoms with Crippen molar-refractivity contribution in [3.05, 3.63) is 72.9 Å². The van der Waals surface area contributed by atoms with Crippen LogP contribution in [0.3, 0.4) is 0 Å². The summed E-state index contributed by atoms with van der Waals surface area (Å²) in [7, 11) is 0. The van der Waals surface area contributed by atoms with E-state index in [2.05, 4.69) is 86.8 Å². The summed E-state index contributed by atoms with van der Waals surface area (Å²) in [6.45, 7) is 4.41. The van der Waals surface area contributed by atoms with Gasteiger partial charge in [-0.2, -0.15) is 0 Å². The van der Waals surface area contributed by atoms with Gasteiger partial charge in [0.15, 0.2) is 0 Å². The zero-order valence-corrected chi connectivity index (χ0v) is 29.1. The summed E-state index contributed by atoms with van der Waals surface area (Å²) < 4.78 is 5.88. The molecule has 0 aliphatic rings. The van der Waals surface area contributed by atoms with E-state index < -0.39 is 5.97 Å². The Morgan fingerprint density at radius 1 is 0.533 bits per heavy atom. The van der Waals surface area contributed by atoms with Crippen molar-refractivity contribution in [1.29, 1.82) is 0 Å². The maximum atomic E-state index is 12.6. The maximum absolute atomic E-state index is 12.6. The number of ether oxygens (including phenoxy) is 1. The van der Waals surface area contributed by atoms with Gasteiger partial charge in [0.1, 0.15) is 6.10 Å². The largest absolute Gasteiger partial charge is 0.481 e. The quantitative estimate of drug-likeness (QED) is 0.0459. The summed E-state index contributed by atoms with van der Waals surface area (Å²) in [6.07, 6.45) is 50.7. The average molecular weight is 625 g/mol. The topological polar surface area (TPSA) is 63.6 Å². The molecule has 0 heterocycles. The summed E-state index contributed by atoms with van der Waals surface area (Å²) in [5.41, 5.74) is 0. The van der Waals surface area contributed by atoms with E-state index in [-0.39, 0.29) is 18.5 Å². The first-order valence-electron chi connectivity index (χ1n) is 18.4. The second-order valence-electron chi connectivity index (χ2n) is 12.0. The molecule has 0 aliphatic carbocycles. The number of rotatable bonds is 32. The minimum atomic E-state index is -0.708. The molecule has 0 rings (SSSR count). The number of hydrogen-bond donors (Lipinski definition) is 1. The van der Waals surface area contributed by atoms with Gasteiger partial charge in [-0.15, -0.1) is 0 Å². The third-order valence-electron chi connectivity index (χ3n) is 7.65. The van der Waals surface area contributed by atoms with Crippen LogP contribution in [0.25, 0.3) is 0 Å². The Morgan fingerprint density at radius 3 is 1.60 bits per heavy atom. The van der Waals surface area contributed by atoms with Crippen molar-refractivity contribution < 1.29 is 19.4 Å². The highest BCUT2D eigenvalue weighted by atomic mass is 16.5. The van der Waals surface area contributed by atoms with Gasteiger partial charge >= 0.3 is 11.9 Å². The van der Waals surface area contributed by atoms with E-state index in [9.17, 15) is 9.59 Å². The Labute approximate surface area is 277 Å². The van der Waals surface area contributed by atoms with E-state index in [0.29, 0.717) is 6.42 Å². The van der Waals surface area contributed by atoms with Crippen molar-refractivity contribution in [1.82, 2.24) is 0 Å². The van der Waals surface area contributed by atoms with Crippen molar-refractivity contribution in [2.45, 2.75) is 174 Å². The van der Waals surface area contributed by atoms with Gasteiger partial charge in [0.2, 0.25) is 0 Å². The van der Waals surface area contributed by atoms with E-state index in [1.54, 1.807) is 0 Å². The number of allylic oxidation sites excluding steroid dienone is 11. The Kier molecular flexibility index (Phi) is 33.8. The molecule has 0 aromatic carbocycles. The number of hydrogen-bond acceptors (Lipinski definition) is 3. The van der Waals surface area contributed by atoms with Crippen molar-refractivity contribution in [3.63, 3.8) is 0 Å². The van der Waals surface area contributed by atoms with Gasteiger partial charge in [-0.25, -0.2) is 0 Å². The smallest absolute Gasteiger partial charge is 0.306 e. The van der Waals surface area contributed by atoms with Crippen LogP contribution >= 0.6 is 0 Å². The lowest BCUT2D eigenvalue weighted by Crippen LogP contribution is -2.16. The predicted octanol–water partition coefficient (Wildman–Crippen LogP) is 12.7. The lowest BCUT2D eigenvalue weighted by molar-refractivity contribution is -0.147. The molecule has 0 spiro atoms. The molecule has 0 aromatic rings. The van der Waals surface area contributed by atoms with Gasteiger partial charge < -0.3 is 9.84 Å². The molecule has 0 bridgehead atoms. The van der Waals surface area contributed by atoms with E-state index in [1.165, 1.54) is 44.9 Å². The summed E-state index contributed by atoms with van der Waals surface area (Å²) in [5.74, 6) is -0.803. The van der Waals surface area contributed by atoms with Crippen LogP contribution in [0, 0.1) is 0 Å². The molecule has 4 nitrogen and oxygen atoms in total. The number of aliphatic carboxylic acids is 1. The summed E-state index contributed by atoms with van der Waals surface area (Å²) in [5, 5.41) is 8.77. The first-order valence-corrected chi connectivity index (χ1v) is 18.4. The highest BCUT2D eigenvalue weighted by Crippen LogP contribution is 2.15. The molecular formula is C41H68O4. The molecule has 4 heteroatoms. The number of carbonyl (C=O) groups is 2. The fourth-order valence-corrected chi connectivity index (χ4v) is 4.95. The normalized spacial score (nSPS) is 13.1. The van der Waals surface area contributed by atoms with Crippen LogP contribution in [0.1, 0.15) is 168 Å². The molecule has 45 heavy (non-hydrogen) atoms. The molecule has 0 amide bonds. The SMILES string of the molecule is CC/C=C\C/C=C\C/C=C\C/C=C\C/C=C\CCCC(=O)OC(/C=C\CCCCCCCCC)CCCCCCCCC(=O)O. The highest BCUT2D eigenvalue weighted by molar-refractivity contribution is 5.69. The van der Waals surface area contributed by atoms with Crippen LogP contribution in [0.2, 0.25) is 0 Å². The number of carboxylic acid groups (broad SMARTS) is 1. The predicted molar refractivity (Wildman–Crippen MR) is 195 cm³/mol. The van der Waals surface area contributed by atoms with Crippen molar-refractivity contribution in [3.8, 4) is 0 Å². The molecule has 256 valence electrons. The van der Waals surface area contributed by atoms with Crippen LogP contribution in [0.15, 0.2) is 72.9 Å². The van der Waals surface area contributed by atoms with E-state index >= 15 is 0 Å². The number of carbonyl (C=O) groups excluding carboxylic acids is 1. The first kappa shape index (κ1) is 42.4. The molecule has 1 atom stereocenters. The van der Waals surface area contributed by atoms with Gasteiger partial charge in [-0.3, -0.25) is 9.59 Å². The van der Waals surface area contributed by atoms with Gasteiger partial charge in [-0.05, 0) is 83.1 Å².